The molecule has 10 nitrogen and oxygen atoms in total. The van der Waals surface area contributed by atoms with Gasteiger partial charge in [0.05, 0.1) is 38.9 Å². The summed E-state index contributed by atoms with van der Waals surface area (Å²) in [6.45, 7) is 1.46. The molecule has 10 heteroatoms. The maximum atomic E-state index is 13.0. The van der Waals surface area contributed by atoms with E-state index in [-0.39, 0.29) is 19.4 Å². The molecule has 2 heterocycles. The summed E-state index contributed by atoms with van der Waals surface area (Å²) in [6, 6.07) is 7.26. The predicted molar refractivity (Wildman–Crippen MR) is 117 cm³/mol. The van der Waals surface area contributed by atoms with Crippen LogP contribution in [0.4, 0.5) is 0 Å². The Morgan fingerprint density at radius 3 is 2.26 bits per heavy atom. The van der Waals surface area contributed by atoms with Crippen LogP contribution in [-0.4, -0.2) is 52.4 Å². The van der Waals surface area contributed by atoms with Crippen LogP contribution in [0.5, 0.6) is 28.7 Å². The SMILES string of the molecule is COc1cc([C@@H]2c3cc4c(cc3C(=NOC(C)=O)[C@H]3COC(=O)[C@H]23)OCO4)cc(OC)c1OC. The Hall–Kier alpha value is -3.95. The Kier molecular flexibility index (Phi) is 5.43. The maximum absolute atomic E-state index is 13.0. The third-order valence-corrected chi connectivity index (χ3v) is 6.30. The topological polar surface area (TPSA) is 111 Å². The number of fused-ring (bicyclic) bond motifs is 3. The summed E-state index contributed by atoms with van der Waals surface area (Å²) >= 11 is 0. The van der Waals surface area contributed by atoms with Crippen molar-refractivity contribution in [2.75, 3.05) is 34.7 Å². The summed E-state index contributed by atoms with van der Waals surface area (Å²) < 4.78 is 33.2. The normalized spacial score (nSPS) is 23.1. The molecule has 5 rings (SSSR count). The zero-order chi connectivity index (χ0) is 24.0. The van der Waals surface area contributed by atoms with E-state index in [9.17, 15) is 9.59 Å². The lowest BCUT2D eigenvalue weighted by Gasteiger charge is -2.34. The first-order valence-electron chi connectivity index (χ1n) is 10.6. The van der Waals surface area contributed by atoms with Crippen molar-refractivity contribution >= 4 is 17.7 Å². The van der Waals surface area contributed by atoms with Gasteiger partial charge in [-0.2, -0.15) is 0 Å². The second kappa shape index (κ2) is 8.44. The molecule has 0 aromatic heterocycles. The van der Waals surface area contributed by atoms with Crippen LogP contribution < -0.4 is 23.7 Å². The molecule has 1 saturated heterocycles. The molecule has 34 heavy (non-hydrogen) atoms. The van der Waals surface area contributed by atoms with Crippen molar-refractivity contribution in [2.24, 2.45) is 17.0 Å². The van der Waals surface area contributed by atoms with Crippen molar-refractivity contribution in [1.82, 2.24) is 0 Å². The Labute approximate surface area is 195 Å². The molecule has 0 radical (unpaired) electrons. The van der Waals surface area contributed by atoms with E-state index in [1.165, 1.54) is 28.3 Å². The van der Waals surface area contributed by atoms with Gasteiger partial charge in [0.1, 0.15) is 6.61 Å². The number of hydrogen-bond acceptors (Lipinski definition) is 10. The average Bonchev–Trinajstić information content (AvgIpc) is 3.45. The summed E-state index contributed by atoms with van der Waals surface area (Å²) in [4.78, 5) is 29.5. The summed E-state index contributed by atoms with van der Waals surface area (Å²) in [5.74, 6) is 0.00432. The van der Waals surface area contributed by atoms with Crippen LogP contribution in [0.15, 0.2) is 29.4 Å². The first-order valence-corrected chi connectivity index (χ1v) is 10.6. The monoisotopic (exact) mass is 469 g/mol. The van der Waals surface area contributed by atoms with Crippen molar-refractivity contribution in [1.29, 1.82) is 0 Å². The van der Waals surface area contributed by atoms with Crippen LogP contribution in [0.25, 0.3) is 0 Å². The highest BCUT2D eigenvalue weighted by atomic mass is 16.7. The van der Waals surface area contributed by atoms with Gasteiger partial charge in [0, 0.05) is 18.4 Å². The van der Waals surface area contributed by atoms with Crippen LogP contribution in [0, 0.1) is 11.8 Å². The Bertz CT molecular complexity index is 1180. The van der Waals surface area contributed by atoms with Crippen LogP contribution in [-0.2, 0) is 19.2 Å². The Morgan fingerprint density at radius 1 is 0.971 bits per heavy atom. The van der Waals surface area contributed by atoms with Crippen LogP contribution >= 0.6 is 0 Å². The molecule has 0 unspecified atom stereocenters. The number of carbonyl (C=O) groups is 2. The van der Waals surface area contributed by atoms with E-state index < -0.39 is 23.7 Å². The molecular weight excluding hydrogens is 446 g/mol. The van der Waals surface area contributed by atoms with E-state index in [4.69, 9.17) is 33.3 Å². The van der Waals surface area contributed by atoms with E-state index in [0.29, 0.717) is 40.0 Å². The minimum Gasteiger partial charge on any atom is -0.493 e. The first kappa shape index (κ1) is 21.9. The number of oxime groups is 1. The number of ether oxygens (including phenoxy) is 6. The third kappa shape index (κ3) is 3.37. The van der Waals surface area contributed by atoms with E-state index in [1.54, 1.807) is 6.07 Å². The minimum absolute atomic E-state index is 0.0817. The second-order valence-electron chi connectivity index (χ2n) is 8.05. The summed E-state index contributed by atoms with van der Waals surface area (Å²) in [5.41, 5.74) is 2.64. The fraction of sp³-hybridized carbons (Fsp3) is 0.375. The number of methoxy groups -OCH3 is 3. The quantitative estimate of drug-likeness (QED) is 0.371. The van der Waals surface area contributed by atoms with Gasteiger partial charge in [0.15, 0.2) is 23.0 Å². The highest BCUT2D eigenvalue weighted by Gasteiger charge is 2.52. The van der Waals surface area contributed by atoms with E-state index in [0.717, 1.165) is 11.1 Å². The van der Waals surface area contributed by atoms with Crippen molar-refractivity contribution in [3.63, 3.8) is 0 Å². The second-order valence-corrected chi connectivity index (χ2v) is 8.05. The number of benzene rings is 2. The highest BCUT2D eigenvalue weighted by molar-refractivity contribution is 6.09. The lowest BCUT2D eigenvalue weighted by Crippen LogP contribution is -2.36. The van der Waals surface area contributed by atoms with Gasteiger partial charge < -0.3 is 33.3 Å². The van der Waals surface area contributed by atoms with Gasteiger partial charge in [-0.05, 0) is 35.4 Å². The largest absolute Gasteiger partial charge is 0.493 e. The third-order valence-electron chi connectivity index (χ3n) is 6.30. The fourth-order valence-electron chi connectivity index (χ4n) is 4.88. The lowest BCUT2D eigenvalue weighted by atomic mass is 9.66. The molecule has 0 N–H and O–H groups in total. The van der Waals surface area contributed by atoms with Gasteiger partial charge in [0.2, 0.25) is 12.5 Å². The number of esters is 1. The number of cyclic esters (lactones) is 1. The smallest absolute Gasteiger partial charge is 0.331 e. The van der Waals surface area contributed by atoms with Crippen molar-refractivity contribution in [3.8, 4) is 28.7 Å². The molecule has 3 atom stereocenters. The zero-order valence-corrected chi connectivity index (χ0v) is 19.1. The zero-order valence-electron chi connectivity index (χ0n) is 19.1. The summed E-state index contributed by atoms with van der Waals surface area (Å²) in [5, 5.41) is 4.12. The van der Waals surface area contributed by atoms with Gasteiger partial charge in [-0.25, -0.2) is 4.79 Å². The molecular formula is C24H23NO9. The molecule has 178 valence electrons. The number of hydrogen-bond donors (Lipinski definition) is 0. The van der Waals surface area contributed by atoms with Gasteiger partial charge in [-0.15, -0.1) is 0 Å². The predicted octanol–water partition coefficient (Wildman–Crippen LogP) is 2.64. The minimum atomic E-state index is -0.620. The molecule has 0 saturated carbocycles. The first-order chi connectivity index (χ1) is 16.5. The lowest BCUT2D eigenvalue weighted by molar-refractivity contribution is -0.142. The highest BCUT2D eigenvalue weighted by Crippen LogP contribution is 2.52. The number of carbonyl (C=O) groups excluding carboxylic acids is 2. The average molecular weight is 469 g/mol. The van der Waals surface area contributed by atoms with Crippen molar-refractivity contribution in [3.05, 3.63) is 41.0 Å². The molecule has 0 spiro atoms. The standard InChI is InChI=1S/C24H23NO9/c1-11(26)34-25-22-14-8-17-16(32-10-33-17)7-13(14)20(21-15(22)9-31-24(21)27)12-5-18(28-2)23(30-4)19(6-12)29-3/h5-8,15,20-21H,9-10H2,1-4H3/t15-,20+,21-/m0/s1. The van der Waals surface area contributed by atoms with Gasteiger partial charge in [-0.1, -0.05) is 5.16 Å². The molecule has 2 aromatic carbocycles. The summed E-state index contributed by atoms with van der Waals surface area (Å²) in [6.07, 6.45) is 0. The molecule has 2 aliphatic heterocycles. The Balaban J connectivity index is 1.76. The van der Waals surface area contributed by atoms with E-state index in [2.05, 4.69) is 5.16 Å². The number of rotatable bonds is 5. The maximum Gasteiger partial charge on any atom is 0.331 e. The number of nitrogens with zero attached hydrogens (tertiary/aromatic N) is 1. The van der Waals surface area contributed by atoms with E-state index >= 15 is 0 Å². The van der Waals surface area contributed by atoms with E-state index in [1.807, 2.05) is 18.2 Å². The Morgan fingerprint density at radius 2 is 1.65 bits per heavy atom. The molecule has 1 aliphatic carbocycles. The fourth-order valence-corrected chi connectivity index (χ4v) is 4.88. The molecule has 3 aliphatic rings. The van der Waals surface area contributed by atoms with Crippen LogP contribution in [0.2, 0.25) is 0 Å². The van der Waals surface area contributed by atoms with Crippen molar-refractivity contribution < 1.29 is 42.8 Å². The summed E-state index contributed by atoms with van der Waals surface area (Å²) in [7, 11) is 4.59. The van der Waals surface area contributed by atoms with Gasteiger partial charge >= 0.3 is 11.9 Å². The van der Waals surface area contributed by atoms with Gasteiger partial charge in [-0.3, -0.25) is 4.79 Å². The van der Waals surface area contributed by atoms with Crippen LogP contribution in [0.3, 0.4) is 0 Å². The van der Waals surface area contributed by atoms with Gasteiger partial charge in [0.25, 0.3) is 0 Å². The van der Waals surface area contributed by atoms with Crippen LogP contribution in [0.1, 0.15) is 29.5 Å². The molecule has 2 aromatic rings. The molecule has 0 bridgehead atoms. The molecule has 0 amide bonds. The molecule has 1 fully saturated rings. The van der Waals surface area contributed by atoms with Crippen molar-refractivity contribution in [2.45, 2.75) is 12.8 Å².